The Morgan fingerprint density at radius 1 is 1.06 bits per heavy atom. The summed E-state index contributed by atoms with van der Waals surface area (Å²) in [5.74, 6) is 0.170. The van der Waals surface area contributed by atoms with Gasteiger partial charge in [0.2, 0.25) is 0 Å². The second-order valence-electron chi connectivity index (χ2n) is 3.57. The van der Waals surface area contributed by atoms with Gasteiger partial charge in [0.25, 0.3) is 0 Å². The number of aromatic hydroxyl groups is 1. The Bertz CT molecular complexity index is 649. The van der Waals surface area contributed by atoms with E-state index >= 15 is 0 Å². The highest BCUT2D eigenvalue weighted by Crippen LogP contribution is 2.35. The highest BCUT2D eigenvalue weighted by Gasteiger charge is 2.06. The minimum absolute atomic E-state index is 0.170. The Morgan fingerprint density at radius 2 is 1.88 bits per heavy atom. The fourth-order valence-corrected chi connectivity index (χ4v) is 2.52. The van der Waals surface area contributed by atoms with Gasteiger partial charge in [-0.25, -0.2) is 0 Å². The number of furan rings is 1. The summed E-state index contributed by atoms with van der Waals surface area (Å²) < 4.78 is 5.18. The fourth-order valence-electron chi connectivity index (χ4n) is 1.64. The molecule has 3 rings (SSSR count). The Morgan fingerprint density at radius 3 is 2.71 bits per heavy atom. The number of phenolic OH excluding ortho intramolecular Hbond substituents is 1. The first kappa shape index (κ1) is 10.2. The number of phenols is 1. The summed E-state index contributed by atoms with van der Waals surface area (Å²) >= 11 is 1.58. The van der Waals surface area contributed by atoms with E-state index in [1.165, 1.54) is 0 Å². The van der Waals surface area contributed by atoms with Crippen molar-refractivity contribution in [2.24, 2.45) is 0 Å². The zero-order chi connectivity index (χ0) is 11.7. The van der Waals surface area contributed by atoms with Crippen molar-refractivity contribution in [1.29, 1.82) is 0 Å². The number of hydrogen-bond acceptors (Lipinski definition) is 4. The van der Waals surface area contributed by atoms with Crippen LogP contribution in [-0.2, 0) is 0 Å². The second kappa shape index (κ2) is 4.14. The molecule has 0 saturated heterocycles. The normalized spacial score (nSPS) is 10.8. The maximum Gasteiger partial charge on any atom is 0.175 e. The average molecular weight is 243 g/mol. The number of aromatic nitrogens is 1. The zero-order valence-corrected chi connectivity index (χ0v) is 9.65. The van der Waals surface area contributed by atoms with Gasteiger partial charge in [-0.3, -0.25) is 4.98 Å². The standard InChI is InChI=1S/C13H9NO2S/c15-12-8-11(7-9-3-6-16-13(9)12)17-10-1-4-14-5-2-10/h1-8,15H. The lowest BCUT2D eigenvalue weighted by molar-refractivity contribution is 0.463. The molecule has 0 fully saturated rings. The SMILES string of the molecule is Oc1cc(Sc2ccncc2)cc2ccoc12. The van der Waals surface area contributed by atoms with E-state index in [9.17, 15) is 5.11 Å². The highest BCUT2D eigenvalue weighted by molar-refractivity contribution is 7.99. The topological polar surface area (TPSA) is 46.3 Å². The molecule has 0 bridgehead atoms. The molecule has 1 N–H and O–H groups in total. The van der Waals surface area contributed by atoms with Crippen LogP contribution in [0.25, 0.3) is 11.0 Å². The number of rotatable bonds is 2. The van der Waals surface area contributed by atoms with Crippen molar-refractivity contribution < 1.29 is 9.52 Å². The predicted octanol–water partition coefficient (Wildman–Crippen LogP) is 3.68. The van der Waals surface area contributed by atoms with E-state index in [0.29, 0.717) is 5.58 Å². The summed E-state index contributed by atoms with van der Waals surface area (Å²) in [4.78, 5) is 6.03. The molecule has 4 heteroatoms. The molecule has 0 saturated carbocycles. The summed E-state index contributed by atoms with van der Waals surface area (Å²) in [6, 6.07) is 9.40. The second-order valence-corrected chi connectivity index (χ2v) is 4.71. The van der Waals surface area contributed by atoms with Crippen LogP contribution < -0.4 is 0 Å². The van der Waals surface area contributed by atoms with Crippen molar-refractivity contribution in [2.45, 2.75) is 9.79 Å². The van der Waals surface area contributed by atoms with Crippen LogP contribution in [0.2, 0.25) is 0 Å². The number of nitrogens with zero attached hydrogens (tertiary/aromatic N) is 1. The van der Waals surface area contributed by atoms with Crippen molar-refractivity contribution in [3.63, 3.8) is 0 Å². The molecular formula is C13H9NO2S. The smallest absolute Gasteiger partial charge is 0.175 e. The molecule has 17 heavy (non-hydrogen) atoms. The van der Waals surface area contributed by atoms with Gasteiger partial charge in [-0.1, -0.05) is 11.8 Å². The Kier molecular flexibility index (Phi) is 2.49. The van der Waals surface area contributed by atoms with Crippen molar-refractivity contribution in [3.8, 4) is 5.75 Å². The quantitative estimate of drug-likeness (QED) is 0.745. The van der Waals surface area contributed by atoms with Gasteiger partial charge in [0.15, 0.2) is 11.3 Å². The monoisotopic (exact) mass is 243 g/mol. The van der Waals surface area contributed by atoms with E-state index in [0.717, 1.165) is 15.2 Å². The van der Waals surface area contributed by atoms with Gasteiger partial charge in [0.1, 0.15) is 0 Å². The molecule has 1 aromatic carbocycles. The molecule has 0 spiro atoms. The van der Waals surface area contributed by atoms with Crippen molar-refractivity contribution >= 4 is 22.7 Å². The summed E-state index contributed by atoms with van der Waals surface area (Å²) in [5.41, 5.74) is 0.532. The molecule has 0 aliphatic rings. The minimum atomic E-state index is 0.170. The van der Waals surface area contributed by atoms with Crippen LogP contribution in [-0.4, -0.2) is 10.1 Å². The third-order valence-corrected chi connectivity index (χ3v) is 3.37. The minimum Gasteiger partial charge on any atom is -0.504 e. The van der Waals surface area contributed by atoms with E-state index in [1.807, 2.05) is 24.3 Å². The van der Waals surface area contributed by atoms with Crippen molar-refractivity contribution in [2.75, 3.05) is 0 Å². The van der Waals surface area contributed by atoms with Crippen LogP contribution in [0.1, 0.15) is 0 Å². The van der Waals surface area contributed by atoms with E-state index in [-0.39, 0.29) is 5.75 Å². The van der Waals surface area contributed by atoms with Crippen molar-refractivity contribution in [1.82, 2.24) is 4.98 Å². The van der Waals surface area contributed by atoms with Gasteiger partial charge >= 0.3 is 0 Å². The first-order chi connectivity index (χ1) is 8.33. The maximum atomic E-state index is 9.80. The van der Waals surface area contributed by atoms with Crippen LogP contribution >= 0.6 is 11.8 Å². The van der Waals surface area contributed by atoms with E-state index < -0.39 is 0 Å². The molecule has 0 radical (unpaired) electrons. The Labute approximate surface area is 102 Å². The van der Waals surface area contributed by atoms with Crippen LogP contribution in [0.5, 0.6) is 5.75 Å². The molecule has 3 aromatic rings. The fraction of sp³-hybridized carbons (Fsp3) is 0. The van der Waals surface area contributed by atoms with E-state index in [1.54, 1.807) is 36.5 Å². The van der Waals surface area contributed by atoms with Gasteiger partial charge in [-0.15, -0.1) is 0 Å². The van der Waals surface area contributed by atoms with Gasteiger partial charge in [0, 0.05) is 27.6 Å². The van der Waals surface area contributed by atoms with Crippen LogP contribution in [0.4, 0.5) is 0 Å². The molecule has 84 valence electrons. The molecule has 3 nitrogen and oxygen atoms in total. The third kappa shape index (κ3) is 1.99. The lowest BCUT2D eigenvalue weighted by Gasteiger charge is -2.02. The zero-order valence-electron chi connectivity index (χ0n) is 8.83. The summed E-state index contributed by atoms with van der Waals surface area (Å²) in [6.07, 6.45) is 5.07. The Balaban J connectivity index is 2.01. The van der Waals surface area contributed by atoms with Gasteiger partial charge in [-0.05, 0) is 30.3 Å². The summed E-state index contributed by atoms with van der Waals surface area (Å²) in [6.45, 7) is 0. The van der Waals surface area contributed by atoms with E-state index in [4.69, 9.17) is 4.42 Å². The number of hydrogen-bond donors (Lipinski definition) is 1. The molecular weight excluding hydrogens is 234 g/mol. The van der Waals surface area contributed by atoms with Crippen LogP contribution in [0, 0.1) is 0 Å². The Hall–Kier alpha value is -1.94. The molecule has 0 aliphatic heterocycles. The number of pyridine rings is 1. The maximum absolute atomic E-state index is 9.80. The third-order valence-electron chi connectivity index (χ3n) is 2.39. The summed E-state index contributed by atoms with van der Waals surface area (Å²) in [5, 5.41) is 10.7. The summed E-state index contributed by atoms with van der Waals surface area (Å²) in [7, 11) is 0. The lowest BCUT2D eigenvalue weighted by Crippen LogP contribution is -1.76. The largest absolute Gasteiger partial charge is 0.504 e. The van der Waals surface area contributed by atoms with Crippen LogP contribution in [0.15, 0.2) is 63.2 Å². The molecule has 0 unspecified atom stereocenters. The lowest BCUT2D eigenvalue weighted by atomic mass is 10.2. The predicted molar refractivity (Wildman–Crippen MR) is 66.2 cm³/mol. The van der Waals surface area contributed by atoms with Crippen molar-refractivity contribution in [3.05, 3.63) is 49.0 Å². The average Bonchev–Trinajstić information content (AvgIpc) is 2.79. The van der Waals surface area contributed by atoms with Gasteiger partial charge in [-0.2, -0.15) is 0 Å². The van der Waals surface area contributed by atoms with Gasteiger partial charge < -0.3 is 9.52 Å². The van der Waals surface area contributed by atoms with Crippen LogP contribution in [0.3, 0.4) is 0 Å². The molecule has 0 atom stereocenters. The number of fused-ring (bicyclic) bond motifs is 1. The first-order valence-electron chi connectivity index (χ1n) is 5.11. The molecule has 0 amide bonds. The van der Waals surface area contributed by atoms with Gasteiger partial charge in [0.05, 0.1) is 6.26 Å². The van der Waals surface area contributed by atoms with E-state index in [2.05, 4.69) is 4.98 Å². The number of benzene rings is 1. The first-order valence-corrected chi connectivity index (χ1v) is 5.93. The molecule has 0 aliphatic carbocycles. The molecule has 2 heterocycles. The molecule has 2 aromatic heterocycles. The highest BCUT2D eigenvalue weighted by atomic mass is 32.2.